The van der Waals surface area contributed by atoms with Crippen LogP contribution in [0, 0.1) is 0 Å². The molecule has 2 fully saturated rings. The Morgan fingerprint density at radius 1 is 1.12 bits per heavy atom. The number of likely N-dealkylation sites (tertiary alicyclic amines) is 1. The Balaban J connectivity index is 1.65. The molecule has 0 saturated carbocycles. The molecule has 0 aliphatic carbocycles. The highest BCUT2D eigenvalue weighted by Crippen LogP contribution is 2.26. The van der Waals surface area contributed by atoms with Crippen LogP contribution in [-0.2, 0) is 14.8 Å². The maximum Gasteiger partial charge on any atom is 0.244 e. The zero-order valence-corrected chi connectivity index (χ0v) is 15.5. The van der Waals surface area contributed by atoms with Crippen LogP contribution in [0.3, 0.4) is 0 Å². The summed E-state index contributed by atoms with van der Waals surface area (Å²) < 4.78 is 26.4. The summed E-state index contributed by atoms with van der Waals surface area (Å²) in [4.78, 5) is 18.7. The van der Waals surface area contributed by atoms with Gasteiger partial charge in [-0.1, -0.05) is 11.8 Å². The van der Waals surface area contributed by atoms with Gasteiger partial charge in [0.15, 0.2) is 0 Å². The fraction of sp³-hybridized carbons (Fsp3) is 0.625. The van der Waals surface area contributed by atoms with Crippen molar-refractivity contribution >= 4 is 27.7 Å². The summed E-state index contributed by atoms with van der Waals surface area (Å²) >= 11 is 1.38. The second kappa shape index (κ2) is 7.41. The summed E-state index contributed by atoms with van der Waals surface area (Å²) in [5.74, 6) is 0.132. The van der Waals surface area contributed by atoms with Crippen molar-refractivity contribution < 1.29 is 13.2 Å². The monoisotopic (exact) mass is 369 g/mol. The first-order chi connectivity index (χ1) is 11.5. The molecule has 1 atom stereocenters. The van der Waals surface area contributed by atoms with E-state index in [9.17, 15) is 13.2 Å². The van der Waals surface area contributed by atoms with Gasteiger partial charge in [0.05, 0.1) is 10.3 Å². The van der Waals surface area contributed by atoms with E-state index in [1.165, 1.54) is 22.3 Å². The molecule has 132 valence electrons. The lowest BCUT2D eigenvalue weighted by molar-refractivity contribution is -0.129. The molecular weight excluding hydrogens is 346 g/mol. The van der Waals surface area contributed by atoms with Crippen LogP contribution in [0.25, 0.3) is 0 Å². The van der Waals surface area contributed by atoms with Crippen molar-refractivity contribution in [3.63, 3.8) is 0 Å². The topological polar surface area (TPSA) is 70.6 Å². The van der Waals surface area contributed by atoms with Gasteiger partial charge in [-0.25, -0.2) is 13.4 Å². The Bertz CT molecular complexity index is 679. The van der Waals surface area contributed by atoms with E-state index in [0.717, 1.165) is 38.8 Å². The van der Waals surface area contributed by atoms with Gasteiger partial charge in [-0.2, -0.15) is 4.31 Å². The highest BCUT2D eigenvalue weighted by atomic mass is 32.2. The number of nitrogens with zero attached hydrogens (tertiary/aromatic N) is 3. The van der Waals surface area contributed by atoms with E-state index < -0.39 is 10.0 Å². The molecule has 1 amide bonds. The third-order valence-corrected chi connectivity index (χ3v) is 7.40. The van der Waals surface area contributed by atoms with E-state index in [4.69, 9.17) is 0 Å². The first-order valence-electron chi connectivity index (χ1n) is 8.40. The van der Waals surface area contributed by atoms with Gasteiger partial charge >= 0.3 is 0 Å². The average Bonchev–Trinajstić information content (AvgIpc) is 3.28. The number of amides is 1. The van der Waals surface area contributed by atoms with Crippen LogP contribution in [0.2, 0.25) is 0 Å². The molecule has 3 heterocycles. The number of hydrogen-bond acceptors (Lipinski definition) is 5. The number of pyridine rings is 1. The maximum atomic E-state index is 12.5. The van der Waals surface area contributed by atoms with Crippen LogP contribution in [0.1, 0.15) is 32.6 Å². The molecule has 1 aromatic heterocycles. The van der Waals surface area contributed by atoms with Gasteiger partial charge in [-0.3, -0.25) is 4.79 Å². The summed E-state index contributed by atoms with van der Waals surface area (Å²) in [7, 11) is -3.43. The molecule has 1 aromatic rings. The van der Waals surface area contributed by atoms with Gasteiger partial charge in [-0.15, -0.1) is 0 Å². The number of hydrogen-bond donors (Lipinski definition) is 0. The first-order valence-corrected chi connectivity index (χ1v) is 10.7. The van der Waals surface area contributed by atoms with Crippen molar-refractivity contribution in [3.05, 3.63) is 18.3 Å². The molecule has 0 unspecified atom stereocenters. The molecular formula is C16H23N3O3S2. The molecule has 2 aliphatic heterocycles. The fourth-order valence-electron chi connectivity index (χ4n) is 3.09. The number of carbonyl (C=O) groups excluding carboxylic acids is 1. The van der Waals surface area contributed by atoms with E-state index in [1.807, 2.05) is 11.8 Å². The molecule has 3 rings (SSSR count). The highest BCUT2D eigenvalue weighted by molar-refractivity contribution is 8.00. The summed E-state index contributed by atoms with van der Waals surface area (Å²) in [6.45, 7) is 4.72. The summed E-state index contributed by atoms with van der Waals surface area (Å²) in [5, 5.41) is 0.465. The largest absolute Gasteiger partial charge is 0.342 e. The predicted octanol–water partition coefficient (Wildman–Crippen LogP) is 1.97. The molecule has 0 bridgehead atoms. The Labute approximate surface area is 147 Å². The van der Waals surface area contributed by atoms with Gasteiger partial charge in [0.1, 0.15) is 4.90 Å². The Morgan fingerprint density at radius 3 is 2.33 bits per heavy atom. The zero-order chi connectivity index (χ0) is 17.2. The van der Waals surface area contributed by atoms with Crippen molar-refractivity contribution in [2.75, 3.05) is 26.2 Å². The van der Waals surface area contributed by atoms with Gasteiger partial charge in [-0.05, 0) is 44.7 Å². The number of sulfonamides is 1. The summed E-state index contributed by atoms with van der Waals surface area (Å²) in [6.07, 6.45) is 5.38. The van der Waals surface area contributed by atoms with Gasteiger partial charge in [0.25, 0.3) is 0 Å². The second-order valence-electron chi connectivity index (χ2n) is 6.24. The Kier molecular flexibility index (Phi) is 5.46. The van der Waals surface area contributed by atoms with E-state index >= 15 is 0 Å². The van der Waals surface area contributed by atoms with Crippen LogP contribution in [0.4, 0.5) is 0 Å². The lowest BCUT2D eigenvalue weighted by atomic mass is 10.4. The Morgan fingerprint density at radius 2 is 1.75 bits per heavy atom. The van der Waals surface area contributed by atoms with E-state index in [1.54, 1.807) is 12.1 Å². The normalized spacial score (nSPS) is 20.5. The lowest BCUT2D eigenvalue weighted by Crippen LogP contribution is -2.34. The highest BCUT2D eigenvalue weighted by Gasteiger charge is 2.28. The summed E-state index contributed by atoms with van der Waals surface area (Å²) in [6, 6.07) is 3.29. The van der Waals surface area contributed by atoms with Gasteiger partial charge in [0, 0.05) is 32.4 Å². The van der Waals surface area contributed by atoms with Crippen molar-refractivity contribution in [1.82, 2.24) is 14.2 Å². The lowest BCUT2D eigenvalue weighted by Gasteiger charge is -2.19. The molecule has 6 nitrogen and oxygen atoms in total. The molecule has 0 spiro atoms. The minimum atomic E-state index is -3.43. The minimum Gasteiger partial charge on any atom is -0.342 e. The SMILES string of the molecule is C[C@@H](Sc1ccc(S(=O)(=O)N2CCCC2)cn1)C(=O)N1CCCC1. The molecule has 0 aromatic carbocycles. The van der Waals surface area contributed by atoms with Gasteiger partial charge < -0.3 is 4.90 Å². The summed E-state index contributed by atoms with van der Waals surface area (Å²) in [5.41, 5.74) is 0. The van der Waals surface area contributed by atoms with Crippen molar-refractivity contribution in [2.24, 2.45) is 0 Å². The molecule has 2 aliphatic rings. The smallest absolute Gasteiger partial charge is 0.244 e. The van der Waals surface area contributed by atoms with E-state index in [0.29, 0.717) is 18.1 Å². The number of carbonyl (C=O) groups is 1. The third-order valence-electron chi connectivity index (χ3n) is 4.48. The van der Waals surface area contributed by atoms with Crippen LogP contribution in [0.5, 0.6) is 0 Å². The zero-order valence-electron chi connectivity index (χ0n) is 13.8. The predicted molar refractivity (Wildman–Crippen MR) is 93.4 cm³/mol. The third kappa shape index (κ3) is 3.75. The fourth-order valence-corrected chi connectivity index (χ4v) is 5.43. The molecule has 2 saturated heterocycles. The first kappa shape index (κ1) is 17.7. The second-order valence-corrected chi connectivity index (χ2v) is 9.53. The van der Waals surface area contributed by atoms with E-state index in [-0.39, 0.29) is 16.1 Å². The standard InChI is InChI=1S/C16H23N3O3S2/c1-13(16(20)18-8-2-3-9-18)23-15-7-6-14(12-17-15)24(21,22)19-10-4-5-11-19/h6-7,12-13H,2-5,8-11H2,1H3/t13-/m1/s1. The van der Waals surface area contributed by atoms with E-state index in [2.05, 4.69) is 4.98 Å². The molecule has 8 heteroatoms. The minimum absolute atomic E-state index is 0.132. The Hall–Kier alpha value is -1.12. The van der Waals surface area contributed by atoms with Crippen LogP contribution in [-0.4, -0.2) is 59.9 Å². The van der Waals surface area contributed by atoms with Crippen LogP contribution >= 0.6 is 11.8 Å². The quantitative estimate of drug-likeness (QED) is 0.742. The maximum absolute atomic E-state index is 12.5. The number of thioether (sulfide) groups is 1. The molecule has 0 N–H and O–H groups in total. The molecule has 0 radical (unpaired) electrons. The van der Waals surface area contributed by atoms with Crippen LogP contribution < -0.4 is 0 Å². The number of rotatable bonds is 5. The average molecular weight is 370 g/mol. The van der Waals surface area contributed by atoms with Crippen molar-refractivity contribution in [2.45, 2.75) is 47.8 Å². The van der Waals surface area contributed by atoms with Crippen LogP contribution in [0.15, 0.2) is 28.3 Å². The van der Waals surface area contributed by atoms with Crippen molar-refractivity contribution in [3.8, 4) is 0 Å². The van der Waals surface area contributed by atoms with Crippen molar-refractivity contribution in [1.29, 1.82) is 0 Å². The van der Waals surface area contributed by atoms with Gasteiger partial charge in [0.2, 0.25) is 15.9 Å². The molecule has 24 heavy (non-hydrogen) atoms. The number of aromatic nitrogens is 1.